The molecule has 2 amide bonds. The molecule has 1 unspecified atom stereocenters. The van der Waals surface area contributed by atoms with E-state index < -0.39 is 11.9 Å². The van der Waals surface area contributed by atoms with Crippen LogP contribution in [0.3, 0.4) is 0 Å². The van der Waals surface area contributed by atoms with Gasteiger partial charge in [0.1, 0.15) is 6.04 Å². The summed E-state index contributed by atoms with van der Waals surface area (Å²) in [5.74, 6) is -1.05. The third-order valence-electron chi connectivity index (χ3n) is 7.01. The summed E-state index contributed by atoms with van der Waals surface area (Å²) in [6.07, 6.45) is 5.65. The van der Waals surface area contributed by atoms with Crippen LogP contribution in [0.4, 0.5) is 4.39 Å². The Hall–Kier alpha value is -3.67. The van der Waals surface area contributed by atoms with Crippen molar-refractivity contribution in [2.75, 3.05) is 6.61 Å². The predicted molar refractivity (Wildman–Crippen MR) is 143 cm³/mol. The molecule has 0 bridgehead atoms. The van der Waals surface area contributed by atoms with Crippen molar-refractivity contribution < 1.29 is 18.7 Å². The number of amides is 2. The van der Waals surface area contributed by atoms with Crippen LogP contribution < -0.4 is 10.1 Å². The van der Waals surface area contributed by atoms with E-state index >= 15 is 0 Å². The van der Waals surface area contributed by atoms with Crippen molar-refractivity contribution in [1.82, 2.24) is 10.2 Å². The number of rotatable bonds is 10. The molecule has 0 heterocycles. The lowest BCUT2D eigenvalue weighted by Gasteiger charge is -2.33. The zero-order valence-corrected chi connectivity index (χ0v) is 21.4. The lowest BCUT2D eigenvalue weighted by atomic mass is 9.94. The van der Waals surface area contributed by atoms with Crippen molar-refractivity contribution in [3.63, 3.8) is 0 Å². The quantitative estimate of drug-likeness (QED) is 0.393. The number of ether oxygens (including phenoxy) is 1. The van der Waals surface area contributed by atoms with E-state index in [4.69, 9.17) is 4.74 Å². The van der Waals surface area contributed by atoms with Crippen LogP contribution in [0.15, 0.2) is 78.9 Å². The molecule has 6 heteroatoms. The first kappa shape index (κ1) is 26.4. The zero-order chi connectivity index (χ0) is 26.0. The minimum atomic E-state index is -0.736. The second-order valence-electron chi connectivity index (χ2n) is 9.72. The molecule has 0 aromatic heterocycles. The Labute approximate surface area is 218 Å². The van der Waals surface area contributed by atoms with E-state index in [0.29, 0.717) is 6.42 Å². The number of nitrogens with one attached hydrogen (secondary N) is 1. The van der Waals surface area contributed by atoms with Gasteiger partial charge < -0.3 is 15.0 Å². The molecule has 1 fully saturated rings. The van der Waals surface area contributed by atoms with Gasteiger partial charge in [-0.25, -0.2) is 4.39 Å². The smallest absolute Gasteiger partial charge is 0.261 e. The van der Waals surface area contributed by atoms with Crippen LogP contribution in [0, 0.1) is 12.7 Å². The maximum Gasteiger partial charge on any atom is 0.261 e. The largest absolute Gasteiger partial charge is 0.481 e. The number of nitrogens with zero attached hydrogens (tertiary/aromatic N) is 1. The molecule has 1 aliphatic rings. The monoisotopic (exact) mass is 502 g/mol. The third kappa shape index (κ3) is 7.42. The highest BCUT2D eigenvalue weighted by Gasteiger charge is 2.32. The van der Waals surface area contributed by atoms with Crippen LogP contribution in [0.25, 0.3) is 0 Å². The molecule has 0 saturated heterocycles. The van der Waals surface area contributed by atoms with Gasteiger partial charge >= 0.3 is 0 Å². The number of carbonyl (C=O) groups excluding carboxylic acids is 2. The summed E-state index contributed by atoms with van der Waals surface area (Å²) in [7, 11) is 0. The first-order valence-corrected chi connectivity index (χ1v) is 13.1. The Bertz CT molecular complexity index is 1180. The molecule has 1 aliphatic carbocycles. The fraction of sp³-hybridized carbons (Fsp3) is 0.355. The Kier molecular flexibility index (Phi) is 9.30. The summed E-state index contributed by atoms with van der Waals surface area (Å²) in [6.45, 7) is 1.87. The highest BCUT2D eigenvalue weighted by atomic mass is 19.1. The average molecular weight is 503 g/mol. The molecule has 37 heavy (non-hydrogen) atoms. The summed E-state index contributed by atoms with van der Waals surface area (Å²) >= 11 is 0. The maximum atomic E-state index is 14.2. The summed E-state index contributed by atoms with van der Waals surface area (Å²) in [5.41, 5.74) is 2.94. The van der Waals surface area contributed by atoms with Crippen molar-refractivity contribution in [2.24, 2.45) is 0 Å². The van der Waals surface area contributed by atoms with Crippen molar-refractivity contribution in [3.05, 3.63) is 101 Å². The number of hydrogen-bond donors (Lipinski definition) is 1. The van der Waals surface area contributed by atoms with Crippen molar-refractivity contribution >= 4 is 11.8 Å². The summed E-state index contributed by atoms with van der Waals surface area (Å²) in [5, 5.41) is 3.22. The molecule has 4 rings (SSSR count). The molecule has 1 N–H and O–H groups in total. The van der Waals surface area contributed by atoms with E-state index in [1.165, 1.54) is 18.6 Å². The molecule has 0 spiro atoms. The van der Waals surface area contributed by atoms with Gasteiger partial charge in [0.2, 0.25) is 5.91 Å². The Morgan fingerprint density at radius 3 is 2.35 bits per heavy atom. The first-order valence-electron chi connectivity index (χ1n) is 13.1. The lowest BCUT2D eigenvalue weighted by Crippen LogP contribution is -2.53. The second kappa shape index (κ2) is 13.0. The fourth-order valence-corrected chi connectivity index (χ4v) is 4.85. The number of carbonyl (C=O) groups is 2. The normalized spacial score (nSPS) is 14.5. The molecular weight excluding hydrogens is 467 g/mol. The number of para-hydroxylation sites is 1. The molecule has 1 saturated carbocycles. The summed E-state index contributed by atoms with van der Waals surface area (Å²) < 4.78 is 19.7. The number of hydrogen-bond acceptors (Lipinski definition) is 3. The molecule has 0 radical (unpaired) electrons. The van der Waals surface area contributed by atoms with Crippen LogP contribution >= 0.6 is 0 Å². The Balaban J connectivity index is 1.62. The minimum Gasteiger partial charge on any atom is -0.481 e. The van der Waals surface area contributed by atoms with Crippen LogP contribution in [-0.4, -0.2) is 35.4 Å². The standard InChI is InChI=1S/C31H35FN2O3/c1-23-12-8-9-15-25(23)21-34(30(35)22-37-29-19-11-10-18-27(29)32)28(20-24-13-4-2-5-14-24)31(36)33-26-16-6-3-7-17-26/h2,4-5,8-15,18-19,26,28H,3,6-7,16-17,20-22H2,1H3,(H,33,36). The van der Waals surface area contributed by atoms with Gasteiger partial charge in [-0.15, -0.1) is 0 Å². The van der Waals surface area contributed by atoms with Gasteiger partial charge in [-0.2, -0.15) is 0 Å². The van der Waals surface area contributed by atoms with Gasteiger partial charge in [0.25, 0.3) is 5.91 Å². The van der Waals surface area contributed by atoms with Crippen molar-refractivity contribution in [2.45, 2.75) is 64.1 Å². The molecule has 5 nitrogen and oxygen atoms in total. The highest BCUT2D eigenvalue weighted by molar-refractivity contribution is 5.88. The molecule has 3 aromatic rings. The predicted octanol–water partition coefficient (Wildman–Crippen LogP) is 5.60. The van der Waals surface area contributed by atoms with Crippen LogP contribution in [0.1, 0.15) is 48.8 Å². The third-order valence-corrected chi connectivity index (χ3v) is 7.01. The number of benzene rings is 3. The van der Waals surface area contributed by atoms with E-state index in [1.54, 1.807) is 17.0 Å². The van der Waals surface area contributed by atoms with E-state index in [2.05, 4.69) is 5.32 Å². The minimum absolute atomic E-state index is 0.0120. The number of aryl methyl sites for hydroxylation is 1. The van der Waals surface area contributed by atoms with Gasteiger partial charge in [-0.3, -0.25) is 9.59 Å². The topological polar surface area (TPSA) is 58.6 Å². The first-order chi connectivity index (χ1) is 18.0. The van der Waals surface area contributed by atoms with Crippen LogP contribution in [0.2, 0.25) is 0 Å². The van der Waals surface area contributed by atoms with Crippen molar-refractivity contribution in [3.8, 4) is 5.75 Å². The molecule has 0 aliphatic heterocycles. The van der Waals surface area contributed by atoms with Gasteiger partial charge in [-0.05, 0) is 48.6 Å². The molecule has 1 atom stereocenters. The van der Waals surface area contributed by atoms with Crippen LogP contribution in [0.5, 0.6) is 5.75 Å². The molecule has 194 valence electrons. The fourth-order valence-electron chi connectivity index (χ4n) is 4.85. The van der Waals surface area contributed by atoms with E-state index in [0.717, 1.165) is 42.4 Å². The van der Waals surface area contributed by atoms with Gasteiger partial charge in [-0.1, -0.05) is 86.0 Å². The van der Waals surface area contributed by atoms with Gasteiger partial charge in [0, 0.05) is 19.0 Å². The second-order valence-corrected chi connectivity index (χ2v) is 9.72. The van der Waals surface area contributed by atoms with Crippen LogP contribution in [-0.2, 0) is 22.6 Å². The van der Waals surface area contributed by atoms with Gasteiger partial charge in [0.05, 0.1) is 0 Å². The molecule has 3 aromatic carbocycles. The Morgan fingerprint density at radius 1 is 0.946 bits per heavy atom. The SMILES string of the molecule is Cc1ccccc1CN(C(=O)COc1ccccc1F)C(Cc1ccccc1)C(=O)NC1CCCCC1. The highest BCUT2D eigenvalue weighted by Crippen LogP contribution is 2.21. The van der Waals surface area contributed by atoms with E-state index in [-0.39, 0.29) is 36.8 Å². The van der Waals surface area contributed by atoms with Crippen molar-refractivity contribution in [1.29, 1.82) is 0 Å². The summed E-state index contributed by atoms with van der Waals surface area (Å²) in [4.78, 5) is 29.0. The number of halogens is 1. The van der Waals surface area contributed by atoms with E-state index in [9.17, 15) is 14.0 Å². The zero-order valence-electron chi connectivity index (χ0n) is 21.4. The van der Waals surface area contributed by atoms with E-state index in [1.807, 2.05) is 61.5 Å². The average Bonchev–Trinajstić information content (AvgIpc) is 2.92. The Morgan fingerprint density at radius 2 is 1.62 bits per heavy atom. The summed E-state index contributed by atoms with van der Waals surface area (Å²) in [6, 6.07) is 22.9. The molecular formula is C31H35FN2O3. The maximum absolute atomic E-state index is 14.2. The lowest BCUT2D eigenvalue weighted by molar-refractivity contribution is -0.143. The van der Waals surface area contributed by atoms with Gasteiger partial charge in [0.15, 0.2) is 18.2 Å².